The SMILES string of the molecule is COc1ccc2c(CCc3ccccc3)nnc(NC3CCN(Cc4ccc5ccccc5c4)CC3)c2c1.Cl.Cl. The Morgan fingerprint density at radius 3 is 2.27 bits per heavy atom. The summed E-state index contributed by atoms with van der Waals surface area (Å²) >= 11 is 0. The first-order valence-electron chi connectivity index (χ1n) is 13.6. The lowest BCUT2D eigenvalue weighted by Crippen LogP contribution is -2.38. The maximum absolute atomic E-state index is 5.55. The van der Waals surface area contributed by atoms with Crippen molar-refractivity contribution in [2.75, 3.05) is 25.5 Å². The summed E-state index contributed by atoms with van der Waals surface area (Å²) in [6, 6.07) is 32.6. The van der Waals surface area contributed by atoms with Crippen molar-refractivity contribution in [3.63, 3.8) is 0 Å². The van der Waals surface area contributed by atoms with E-state index in [1.165, 1.54) is 21.9 Å². The van der Waals surface area contributed by atoms with Crippen LogP contribution in [0.5, 0.6) is 5.75 Å². The first-order chi connectivity index (χ1) is 18.7. The van der Waals surface area contributed by atoms with Gasteiger partial charge in [0.2, 0.25) is 0 Å². The van der Waals surface area contributed by atoms with Crippen LogP contribution < -0.4 is 10.1 Å². The van der Waals surface area contributed by atoms with Gasteiger partial charge >= 0.3 is 0 Å². The van der Waals surface area contributed by atoms with Crippen LogP contribution in [0.2, 0.25) is 0 Å². The molecule has 0 amide bonds. The summed E-state index contributed by atoms with van der Waals surface area (Å²) in [7, 11) is 1.71. The third-order valence-corrected chi connectivity index (χ3v) is 7.71. The number of halogens is 2. The average molecular weight is 576 g/mol. The van der Waals surface area contributed by atoms with Crippen LogP contribution in [-0.2, 0) is 19.4 Å². The van der Waals surface area contributed by atoms with Crippen LogP contribution in [0.1, 0.15) is 29.7 Å². The van der Waals surface area contributed by atoms with Gasteiger partial charge in [-0.2, -0.15) is 5.10 Å². The molecule has 0 atom stereocenters. The molecule has 5 nitrogen and oxygen atoms in total. The summed E-state index contributed by atoms with van der Waals surface area (Å²) < 4.78 is 5.55. The fraction of sp³-hybridized carbons (Fsp3) is 0.273. The Hall–Kier alpha value is -3.38. The van der Waals surface area contributed by atoms with Gasteiger partial charge in [0.05, 0.1) is 12.8 Å². The number of fused-ring (bicyclic) bond motifs is 2. The Morgan fingerprint density at radius 1 is 0.750 bits per heavy atom. The number of rotatable bonds is 8. The molecular weight excluding hydrogens is 539 g/mol. The van der Waals surface area contributed by atoms with E-state index in [4.69, 9.17) is 4.74 Å². The fourth-order valence-corrected chi connectivity index (χ4v) is 5.54. The Morgan fingerprint density at radius 2 is 1.50 bits per heavy atom. The number of likely N-dealkylation sites (tertiary alicyclic amines) is 1. The van der Waals surface area contributed by atoms with Crippen molar-refractivity contribution < 1.29 is 4.74 Å². The van der Waals surface area contributed by atoms with Gasteiger partial charge in [-0.3, -0.25) is 4.90 Å². The van der Waals surface area contributed by atoms with Gasteiger partial charge in [-0.05, 0) is 71.8 Å². The molecule has 1 aliphatic heterocycles. The molecule has 2 heterocycles. The topological polar surface area (TPSA) is 50.3 Å². The van der Waals surface area contributed by atoms with E-state index in [0.29, 0.717) is 6.04 Å². The molecule has 1 fully saturated rings. The van der Waals surface area contributed by atoms with Crippen LogP contribution in [0, 0.1) is 0 Å². The first kappa shape index (κ1) is 29.6. The number of anilines is 1. The van der Waals surface area contributed by atoms with Gasteiger partial charge in [0.25, 0.3) is 0 Å². The average Bonchev–Trinajstić information content (AvgIpc) is 2.98. The highest BCUT2D eigenvalue weighted by Crippen LogP contribution is 2.30. The molecule has 0 saturated carbocycles. The summed E-state index contributed by atoms with van der Waals surface area (Å²) in [5.41, 5.74) is 3.72. The molecule has 5 aromatic rings. The zero-order valence-corrected chi connectivity index (χ0v) is 24.4. The van der Waals surface area contributed by atoms with Crippen molar-refractivity contribution in [2.45, 2.75) is 38.3 Å². The summed E-state index contributed by atoms with van der Waals surface area (Å²) in [6.07, 6.45) is 3.96. The molecular formula is C33H36Cl2N4O. The van der Waals surface area contributed by atoms with Gasteiger partial charge in [0.1, 0.15) is 5.75 Å². The fourth-order valence-electron chi connectivity index (χ4n) is 5.54. The number of piperidine rings is 1. The van der Waals surface area contributed by atoms with Crippen molar-refractivity contribution in [1.82, 2.24) is 15.1 Å². The van der Waals surface area contributed by atoms with Crippen molar-refractivity contribution in [3.8, 4) is 5.75 Å². The number of nitrogens with zero attached hydrogens (tertiary/aromatic N) is 3. The van der Waals surface area contributed by atoms with Gasteiger partial charge in [-0.25, -0.2) is 0 Å². The summed E-state index contributed by atoms with van der Waals surface area (Å²) in [4.78, 5) is 2.56. The summed E-state index contributed by atoms with van der Waals surface area (Å²) in [5, 5.41) is 17.9. The molecule has 6 rings (SSSR count). The number of nitrogens with one attached hydrogen (secondary N) is 1. The lowest BCUT2D eigenvalue weighted by Gasteiger charge is -2.32. The molecule has 40 heavy (non-hydrogen) atoms. The second-order valence-corrected chi connectivity index (χ2v) is 10.3. The molecule has 208 valence electrons. The molecule has 0 unspecified atom stereocenters. The minimum absolute atomic E-state index is 0. The van der Waals surface area contributed by atoms with Crippen molar-refractivity contribution in [3.05, 3.63) is 108 Å². The van der Waals surface area contributed by atoms with E-state index in [0.717, 1.165) is 73.4 Å². The minimum atomic E-state index is 0. The van der Waals surface area contributed by atoms with E-state index < -0.39 is 0 Å². The monoisotopic (exact) mass is 574 g/mol. The molecule has 1 N–H and O–H groups in total. The van der Waals surface area contributed by atoms with Crippen LogP contribution >= 0.6 is 24.8 Å². The van der Waals surface area contributed by atoms with E-state index in [-0.39, 0.29) is 24.8 Å². The zero-order valence-electron chi connectivity index (χ0n) is 22.8. The number of hydrogen-bond donors (Lipinski definition) is 1. The Bertz CT molecular complexity index is 1540. The third-order valence-electron chi connectivity index (χ3n) is 7.71. The Kier molecular flexibility index (Phi) is 10.2. The number of benzene rings is 4. The standard InChI is InChI=1S/C33H34N4O.2ClH/c1-38-29-14-15-30-31(22-29)33(36-35-32(30)16-12-24-7-3-2-4-8-24)34-28-17-19-37(20-18-28)23-25-11-13-26-9-5-6-10-27(26)21-25;;/h2-11,13-15,21-22,28H,12,16-20,23H2,1H3,(H,34,36);2*1H. The predicted molar refractivity (Wildman–Crippen MR) is 170 cm³/mol. The van der Waals surface area contributed by atoms with Crippen molar-refractivity contribution >= 4 is 52.2 Å². The van der Waals surface area contributed by atoms with Gasteiger partial charge < -0.3 is 10.1 Å². The molecule has 1 saturated heterocycles. The Labute approximate surface area is 248 Å². The lowest BCUT2D eigenvalue weighted by atomic mass is 10.0. The third kappa shape index (κ3) is 6.84. The van der Waals surface area contributed by atoms with Gasteiger partial charge in [-0.15, -0.1) is 29.9 Å². The molecule has 7 heteroatoms. The van der Waals surface area contributed by atoms with E-state index in [2.05, 4.69) is 105 Å². The number of ether oxygens (including phenoxy) is 1. The normalized spacial score (nSPS) is 13.9. The molecule has 0 aliphatic carbocycles. The molecule has 0 spiro atoms. The van der Waals surface area contributed by atoms with E-state index in [1.807, 2.05) is 6.07 Å². The van der Waals surface area contributed by atoms with Crippen LogP contribution in [0.15, 0.2) is 91.0 Å². The molecule has 4 aromatic carbocycles. The number of aryl methyl sites for hydroxylation is 2. The maximum Gasteiger partial charge on any atom is 0.156 e. The van der Waals surface area contributed by atoms with Crippen LogP contribution in [-0.4, -0.2) is 41.3 Å². The second kappa shape index (κ2) is 13.8. The van der Waals surface area contributed by atoms with Crippen LogP contribution in [0.25, 0.3) is 21.5 Å². The quantitative estimate of drug-likeness (QED) is 0.208. The summed E-state index contributed by atoms with van der Waals surface area (Å²) in [5.74, 6) is 1.70. The van der Waals surface area contributed by atoms with Gasteiger partial charge in [-0.1, -0.05) is 66.7 Å². The predicted octanol–water partition coefficient (Wildman–Crippen LogP) is 7.50. The van der Waals surface area contributed by atoms with Gasteiger partial charge in [0.15, 0.2) is 5.82 Å². The largest absolute Gasteiger partial charge is 0.497 e. The van der Waals surface area contributed by atoms with E-state index in [9.17, 15) is 0 Å². The molecule has 1 aliphatic rings. The van der Waals surface area contributed by atoms with Crippen LogP contribution in [0.4, 0.5) is 5.82 Å². The highest BCUT2D eigenvalue weighted by Gasteiger charge is 2.21. The minimum Gasteiger partial charge on any atom is -0.497 e. The Balaban J connectivity index is 0.00000185. The lowest BCUT2D eigenvalue weighted by molar-refractivity contribution is 0.211. The summed E-state index contributed by atoms with van der Waals surface area (Å²) in [6.45, 7) is 3.12. The molecule has 0 bridgehead atoms. The first-order valence-corrected chi connectivity index (χ1v) is 13.6. The van der Waals surface area contributed by atoms with E-state index >= 15 is 0 Å². The second-order valence-electron chi connectivity index (χ2n) is 10.3. The van der Waals surface area contributed by atoms with Crippen molar-refractivity contribution in [2.24, 2.45) is 0 Å². The number of aromatic nitrogens is 2. The number of methoxy groups -OCH3 is 1. The maximum atomic E-state index is 5.55. The zero-order chi connectivity index (χ0) is 25.7. The van der Waals surface area contributed by atoms with E-state index in [1.54, 1.807) is 7.11 Å². The van der Waals surface area contributed by atoms with Crippen LogP contribution in [0.3, 0.4) is 0 Å². The van der Waals surface area contributed by atoms with Crippen molar-refractivity contribution in [1.29, 1.82) is 0 Å². The number of hydrogen-bond acceptors (Lipinski definition) is 5. The highest BCUT2D eigenvalue weighted by atomic mass is 35.5. The van der Waals surface area contributed by atoms with Gasteiger partial charge in [0, 0.05) is 36.4 Å². The highest BCUT2D eigenvalue weighted by molar-refractivity contribution is 5.94. The smallest absolute Gasteiger partial charge is 0.156 e. The molecule has 0 radical (unpaired) electrons. The molecule has 1 aromatic heterocycles.